The molecule has 0 unspecified atom stereocenters. The number of benzene rings is 1. The summed E-state index contributed by atoms with van der Waals surface area (Å²) in [5.41, 5.74) is 0.395. The SMILES string of the molecule is CCOC(=O)NC(=O)CN(CC)C(=O)COc1ccc(C#N)cc1OC. The number of methoxy groups -OCH3 is 1. The fourth-order valence-corrected chi connectivity index (χ4v) is 1.96. The second-order valence-corrected chi connectivity index (χ2v) is 4.94. The zero-order valence-corrected chi connectivity index (χ0v) is 14.9. The van der Waals surface area contributed by atoms with Crippen LogP contribution in [0, 0.1) is 11.3 Å². The number of nitrogens with one attached hydrogen (secondary N) is 1. The van der Waals surface area contributed by atoms with Gasteiger partial charge in [-0.2, -0.15) is 5.26 Å². The Hall–Kier alpha value is -3.28. The Morgan fingerprint density at radius 1 is 1.23 bits per heavy atom. The van der Waals surface area contributed by atoms with Crippen LogP contribution in [-0.2, 0) is 14.3 Å². The number of hydrogen-bond donors (Lipinski definition) is 1. The van der Waals surface area contributed by atoms with Gasteiger partial charge in [0, 0.05) is 12.6 Å². The molecule has 1 aromatic carbocycles. The maximum Gasteiger partial charge on any atom is 0.413 e. The molecule has 1 N–H and O–H groups in total. The predicted molar refractivity (Wildman–Crippen MR) is 90.6 cm³/mol. The number of nitriles is 1. The van der Waals surface area contributed by atoms with Crippen LogP contribution in [0.25, 0.3) is 0 Å². The molecule has 0 aliphatic heterocycles. The van der Waals surface area contributed by atoms with E-state index >= 15 is 0 Å². The van der Waals surface area contributed by atoms with E-state index in [-0.39, 0.29) is 26.3 Å². The zero-order valence-electron chi connectivity index (χ0n) is 14.9. The summed E-state index contributed by atoms with van der Waals surface area (Å²) >= 11 is 0. The van der Waals surface area contributed by atoms with Gasteiger partial charge in [0.1, 0.15) is 6.54 Å². The van der Waals surface area contributed by atoms with Gasteiger partial charge >= 0.3 is 6.09 Å². The van der Waals surface area contributed by atoms with Crippen LogP contribution in [0.1, 0.15) is 19.4 Å². The molecule has 0 fully saturated rings. The van der Waals surface area contributed by atoms with Gasteiger partial charge in [-0.05, 0) is 26.0 Å². The van der Waals surface area contributed by atoms with E-state index in [1.165, 1.54) is 30.2 Å². The molecule has 3 amide bonds. The number of likely N-dealkylation sites (N-methyl/N-ethyl adjacent to an activating group) is 1. The van der Waals surface area contributed by atoms with Gasteiger partial charge in [-0.15, -0.1) is 0 Å². The van der Waals surface area contributed by atoms with Crippen molar-refractivity contribution >= 4 is 17.9 Å². The first-order chi connectivity index (χ1) is 12.4. The van der Waals surface area contributed by atoms with Crippen LogP contribution in [0.5, 0.6) is 11.5 Å². The predicted octanol–water partition coefficient (Wildman–Crippen LogP) is 1.07. The third kappa shape index (κ3) is 6.32. The standard InChI is InChI=1S/C17H21N3O6/c1-4-20(10-15(21)19-17(23)25-5-2)16(22)11-26-13-7-6-12(9-18)8-14(13)24-3/h6-8H,4-5,10-11H2,1-3H3,(H,19,21,23). The minimum atomic E-state index is -0.862. The highest BCUT2D eigenvalue weighted by atomic mass is 16.5. The average molecular weight is 363 g/mol. The minimum absolute atomic E-state index is 0.135. The monoisotopic (exact) mass is 363 g/mol. The maximum atomic E-state index is 12.2. The van der Waals surface area contributed by atoms with Crippen LogP contribution in [0.4, 0.5) is 4.79 Å². The lowest BCUT2D eigenvalue weighted by atomic mass is 10.2. The topological polar surface area (TPSA) is 118 Å². The van der Waals surface area contributed by atoms with Crippen molar-refractivity contribution in [1.82, 2.24) is 10.2 Å². The highest BCUT2D eigenvalue weighted by Gasteiger charge is 2.18. The summed E-state index contributed by atoms with van der Waals surface area (Å²) in [5, 5.41) is 10.9. The lowest BCUT2D eigenvalue weighted by Gasteiger charge is -2.20. The molecule has 0 heterocycles. The van der Waals surface area contributed by atoms with Gasteiger partial charge in [0.25, 0.3) is 5.91 Å². The Labute approximate surface area is 151 Å². The van der Waals surface area contributed by atoms with Crippen LogP contribution in [0.15, 0.2) is 18.2 Å². The number of carbonyl (C=O) groups is 3. The molecule has 9 nitrogen and oxygen atoms in total. The first kappa shape index (κ1) is 20.8. The summed E-state index contributed by atoms with van der Waals surface area (Å²) in [5.74, 6) is -0.487. The Morgan fingerprint density at radius 3 is 2.54 bits per heavy atom. The number of amides is 3. The van der Waals surface area contributed by atoms with Crippen molar-refractivity contribution in [3.8, 4) is 17.6 Å². The number of carbonyl (C=O) groups excluding carboxylic acids is 3. The second kappa shape index (κ2) is 10.6. The smallest absolute Gasteiger partial charge is 0.413 e. The molecule has 1 rings (SSSR count). The Kier molecular flexibility index (Phi) is 8.43. The molecular weight excluding hydrogens is 342 g/mol. The highest BCUT2D eigenvalue weighted by Crippen LogP contribution is 2.27. The summed E-state index contributed by atoms with van der Waals surface area (Å²) in [6.45, 7) is 3.06. The molecule has 0 atom stereocenters. The van der Waals surface area contributed by atoms with Crippen molar-refractivity contribution in [3.05, 3.63) is 23.8 Å². The number of rotatable bonds is 8. The summed E-state index contributed by atoms with van der Waals surface area (Å²) in [4.78, 5) is 36.4. The molecule has 0 saturated carbocycles. The van der Waals surface area contributed by atoms with E-state index in [0.717, 1.165) is 0 Å². The van der Waals surface area contributed by atoms with Crippen LogP contribution in [-0.4, -0.2) is 56.2 Å². The summed E-state index contributed by atoms with van der Waals surface area (Å²) in [6.07, 6.45) is -0.862. The van der Waals surface area contributed by atoms with E-state index in [0.29, 0.717) is 17.1 Å². The third-order valence-electron chi connectivity index (χ3n) is 3.23. The fraction of sp³-hybridized carbons (Fsp3) is 0.412. The fourth-order valence-electron chi connectivity index (χ4n) is 1.96. The number of hydrogen-bond acceptors (Lipinski definition) is 7. The van der Waals surface area contributed by atoms with Gasteiger partial charge in [0.2, 0.25) is 5.91 Å². The lowest BCUT2D eigenvalue weighted by Crippen LogP contribution is -2.44. The van der Waals surface area contributed by atoms with E-state index in [1.54, 1.807) is 13.8 Å². The van der Waals surface area contributed by atoms with Crippen LogP contribution in [0.3, 0.4) is 0 Å². The number of imide groups is 1. The number of alkyl carbamates (subject to hydrolysis) is 1. The highest BCUT2D eigenvalue weighted by molar-refractivity contribution is 5.94. The van der Waals surface area contributed by atoms with E-state index in [2.05, 4.69) is 4.74 Å². The van der Waals surface area contributed by atoms with Gasteiger partial charge in [-0.1, -0.05) is 0 Å². The lowest BCUT2D eigenvalue weighted by molar-refractivity contribution is -0.137. The second-order valence-electron chi connectivity index (χ2n) is 4.94. The van der Waals surface area contributed by atoms with Crippen molar-refractivity contribution in [2.24, 2.45) is 0 Å². The van der Waals surface area contributed by atoms with Gasteiger partial charge in [0.15, 0.2) is 18.1 Å². The molecule has 0 aliphatic rings. The molecule has 0 bridgehead atoms. The molecule has 140 valence electrons. The first-order valence-electron chi connectivity index (χ1n) is 7.90. The third-order valence-corrected chi connectivity index (χ3v) is 3.23. The van der Waals surface area contributed by atoms with Crippen molar-refractivity contribution in [2.45, 2.75) is 13.8 Å². The first-order valence-corrected chi connectivity index (χ1v) is 7.90. The molecular formula is C17H21N3O6. The Morgan fingerprint density at radius 2 is 1.96 bits per heavy atom. The van der Waals surface area contributed by atoms with Crippen molar-refractivity contribution < 1.29 is 28.6 Å². The average Bonchev–Trinajstić information content (AvgIpc) is 2.63. The van der Waals surface area contributed by atoms with Crippen molar-refractivity contribution in [1.29, 1.82) is 5.26 Å². The normalized spacial score (nSPS) is 9.62. The molecule has 0 radical (unpaired) electrons. The Balaban J connectivity index is 2.63. The van der Waals surface area contributed by atoms with Crippen LogP contribution >= 0.6 is 0 Å². The van der Waals surface area contributed by atoms with E-state index in [1.807, 2.05) is 11.4 Å². The molecule has 26 heavy (non-hydrogen) atoms. The number of nitrogens with zero attached hydrogens (tertiary/aromatic N) is 2. The molecule has 0 saturated heterocycles. The molecule has 0 aliphatic carbocycles. The van der Waals surface area contributed by atoms with Gasteiger partial charge in [-0.3, -0.25) is 14.9 Å². The van der Waals surface area contributed by atoms with E-state index in [9.17, 15) is 14.4 Å². The zero-order chi connectivity index (χ0) is 19.5. The van der Waals surface area contributed by atoms with Gasteiger partial charge < -0.3 is 19.1 Å². The largest absolute Gasteiger partial charge is 0.493 e. The van der Waals surface area contributed by atoms with Crippen LogP contribution < -0.4 is 14.8 Å². The van der Waals surface area contributed by atoms with Crippen LogP contribution in [0.2, 0.25) is 0 Å². The van der Waals surface area contributed by atoms with E-state index < -0.39 is 17.9 Å². The molecule has 0 spiro atoms. The summed E-state index contributed by atoms with van der Waals surface area (Å²) in [6, 6.07) is 6.52. The molecule has 9 heteroatoms. The summed E-state index contributed by atoms with van der Waals surface area (Å²) in [7, 11) is 1.42. The van der Waals surface area contributed by atoms with Crippen molar-refractivity contribution in [2.75, 3.05) is 33.4 Å². The van der Waals surface area contributed by atoms with Crippen molar-refractivity contribution in [3.63, 3.8) is 0 Å². The quantitative estimate of drug-likeness (QED) is 0.734. The van der Waals surface area contributed by atoms with Gasteiger partial charge in [0.05, 0.1) is 25.3 Å². The number of ether oxygens (including phenoxy) is 3. The van der Waals surface area contributed by atoms with E-state index in [4.69, 9.17) is 14.7 Å². The molecule has 0 aromatic heterocycles. The minimum Gasteiger partial charge on any atom is -0.493 e. The molecule has 1 aromatic rings. The summed E-state index contributed by atoms with van der Waals surface area (Å²) < 4.78 is 15.1. The van der Waals surface area contributed by atoms with Gasteiger partial charge in [-0.25, -0.2) is 4.79 Å². The Bertz CT molecular complexity index is 698. The maximum absolute atomic E-state index is 12.2.